The van der Waals surface area contributed by atoms with E-state index >= 15 is 0 Å². The molecular formula is C10H20O3. The van der Waals surface area contributed by atoms with Crippen molar-refractivity contribution in [2.45, 2.75) is 40.5 Å². The number of aliphatic hydroxyl groups excluding tert-OH is 1. The smallest absolute Gasteiger partial charge is 0.331 e. The van der Waals surface area contributed by atoms with Gasteiger partial charge in [-0.05, 0) is 27.2 Å². The van der Waals surface area contributed by atoms with Crippen molar-refractivity contribution in [3.63, 3.8) is 0 Å². The van der Waals surface area contributed by atoms with E-state index < -0.39 is 5.97 Å². The maximum Gasteiger partial charge on any atom is 0.331 e. The number of aliphatic hydroxyl groups is 1. The molecule has 0 heterocycles. The highest BCUT2D eigenvalue weighted by Crippen LogP contribution is 1.99. The van der Waals surface area contributed by atoms with Gasteiger partial charge in [0, 0.05) is 12.2 Å². The number of unbranched alkanes of at least 4 members (excludes halogenated alkanes) is 1. The molecular weight excluding hydrogens is 168 g/mol. The summed E-state index contributed by atoms with van der Waals surface area (Å²) in [5.74, 6) is -0.829. The molecule has 13 heavy (non-hydrogen) atoms. The molecule has 2 N–H and O–H groups in total. The zero-order chi connectivity index (χ0) is 10.9. The summed E-state index contributed by atoms with van der Waals surface area (Å²) in [6.07, 6.45) is 2.04. The Bertz CT molecular complexity index is 165. The second-order valence-electron chi connectivity index (χ2n) is 3.01. The fraction of sp³-hybridized carbons (Fsp3) is 0.700. The van der Waals surface area contributed by atoms with Crippen LogP contribution in [0.1, 0.15) is 40.5 Å². The molecule has 0 bridgehead atoms. The van der Waals surface area contributed by atoms with E-state index in [-0.39, 0.29) is 0 Å². The highest BCUT2D eigenvalue weighted by atomic mass is 16.4. The molecule has 0 radical (unpaired) electrons. The van der Waals surface area contributed by atoms with E-state index in [0.29, 0.717) is 12.2 Å². The monoisotopic (exact) mass is 188 g/mol. The Kier molecular flexibility index (Phi) is 10.5. The van der Waals surface area contributed by atoms with Crippen LogP contribution in [0.3, 0.4) is 0 Å². The van der Waals surface area contributed by atoms with Gasteiger partial charge in [-0.15, -0.1) is 0 Å². The third-order valence-electron chi connectivity index (χ3n) is 1.58. The maximum absolute atomic E-state index is 10.1. The molecule has 0 saturated heterocycles. The van der Waals surface area contributed by atoms with Crippen LogP contribution in [0.2, 0.25) is 0 Å². The predicted octanol–water partition coefficient (Wildman–Crippen LogP) is 2.21. The number of carbonyl (C=O) groups is 1. The lowest BCUT2D eigenvalue weighted by molar-refractivity contribution is -0.132. The average molecular weight is 188 g/mol. The van der Waals surface area contributed by atoms with Crippen molar-refractivity contribution in [3.05, 3.63) is 11.1 Å². The first-order valence-electron chi connectivity index (χ1n) is 4.45. The number of hydrogen-bond donors (Lipinski definition) is 2. The third-order valence-corrected chi connectivity index (χ3v) is 1.58. The lowest BCUT2D eigenvalue weighted by Gasteiger charge is -1.92. The fourth-order valence-corrected chi connectivity index (χ4v) is 0.372. The topological polar surface area (TPSA) is 57.5 Å². The Morgan fingerprint density at radius 1 is 1.23 bits per heavy atom. The maximum atomic E-state index is 10.1. The standard InChI is InChI=1S/C6H10O2.C4H10O/c1-4(2)5(3)6(7)8;1-2-3-4-5/h1-3H3,(H,7,8);5H,2-4H2,1H3. The van der Waals surface area contributed by atoms with Crippen LogP contribution in [-0.2, 0) is 4.79 Å². The minimum atomic E-state index is -0.829. The summed E-state index contributed by atoms with van der Waals surface area (Å²) in [5, 5.41) is 16.4. The van der Waals surface area contributed by atoms with Gasteiger partial charge in [0.1, 0.15) is 0 Å². The number of carboxylic acid groups (broad SMARTS) is 1. The summed E-state index contributed by atoms with van der Waals surface area (Å²) < 4.78 is 0. The molecule has 0 aliphatic rings. The molecule has 0 amide bonds. The number of hydrogen-bond acceptors (Lipinski definition) is 2. The summed E-state index contributed by atoms with van der Waals surface area (Å²) in [6.45, 7) is 7.55. The van der Waals surface area contributed by atoms with Gasteiger partial charge in [0.25, 0.3) is 0 Å². The van der Waals surface area contributed by atoms with E-state index in [4.69, 9.17) is 10.2 Å². The highest BCUT2D eigenvalue weighted by molar-refractivity contribution is 5.86. The van der Waals surface area contributed by atoms with Gasteiger partial charge in [0.15, 0.2) is 0 Å². The van der Waals surface area contributed by atoms with E-state index in [1.54, 1.807) is 20.8 Å². The van der Waals surface area contributed by atoms with Crippen molar-refractivity contribution in [1.82, 2.24) is 0 Å². The van der Waals surface area contributed by atoms with Crippen molar-refractivity contribution in [1.29, 1.82) is 0 Å². The van der Waals surface area contributed by atoms with Crippen LogP contribution >= 0.6 is 0 Å². The van der Waals surface area contributed by atoms with Crippen LogP contribution in [-0.4, -0.2) is 22.8 Å². The minimum absolute atomic E-state index is 0.344. The van der Waals surface area contributed by atoms with E-state index in [1.807, 2.05) is 0 Å². The Labute approximate surface area is 80.1 Å². The zero-order valence-electron chi connectivity index (χ0n) is 8.92. The van der Waals surface area contributed by atoms with Crippen molar-refractivity contribution in [3.8, 4) is 0 Å². The molecule has 0 aliphatic carbocycles. The van der Waals surface area contributed by atoms with Crippen molar-refractivity contribution in [2.24, 2.45) is 0 Å². The number of carboxylic acids is 1. The van der Waals surface area contributed by atoms with Gasteiger partial charge >= 0.3 is 5.97 Å². The fourth-order valence-electron chi connectivity index (χ4n) is 0.372. The second kappa shape index (κ2) is 9.26. The molecule has 0 aromatic carbocycles. The van der Waals surface area contributed by atoms with Gasteiger partial charge < -0.3 is 10.2 Å². The molecule has 0 saturated carbocycles. The predicted molar refractivity (Wildman–Crippen MR) is 53.7 cm³/mol. The molecule has 0 atom stereocenters. The van der Waals surface area contributed by atoms with E-state index in [0.717, 1.165) is 18.4 Å². The summed E-state index contributed by atoms with van der Waals surface area (Å²) in [7, 11) is 0. The van der Waals surface area contributed by atoms with Crippen molar-refractivity contribution >= 4 is 5.97 Å². The van der Waals surface area contributed by atoms with Gasteiger partial charge in [-0.25, -0.2) is 4.79 Å². The first kappa shape index (κ1) is 14.7. The van der Waals surface area contributed by atoms with Crippen LogP contribution in [0.15, 0.2) is 11.1 Å². The average Bonchev–Trinajstić information content (AvgIpc) is 2.05. The molecule has 78 valence electrons. The molecule has 0 aromatic heterocycles. The quantitative estimate of drug-likeness (QED) is 0.667. The molecule has 3 heteroatoms. The molecule has 0 aliphatic heterocycles. The van der Waals surface area contributed by atoms with E-state index in [1.165, 1.54) is 0 Å². The zero-order valence-corrected chi connectivity index (χ0v) is 8.92. The Hall–Kier alpha value is -0.830. The van der Waals surface area contributed by atoms with Crippen LogP contribution < -0.4 is 0 Å². The van der Waals surface area contributed by atoms with Crippen LogP contribution in [0.25, 0.3) is 0 Å². The van der Waals surface area contributed by atoms with Crippen LogP contribution in [0, 0.1) is 0 Å². The molecule has 0 rings (SSSR count). The second-order valence-corrected chi connectivity index (χ2v) is 3.01. The molecule has 3 nitrogen and oxygen atoms in total. The summed E-state index contributed by atoms with van der Waals surface area (Å²) in [4.78, 5) is 10.1. The first-order chi connectivity index (χ1) is 5.97. The van der Waals surface area contributed by atoms with Crippen molar-refractivity contribution < 1.29 is 15.0 Å². The van der Waals surface area contributed by atoms with Gasteiger partial charge in [-0.2, -0.15) is 0 Å². The molecule has 0 fully saturated rings. The first-order valence-corrected chi connectivity index (χ1v) is 4.45. The van der Waals surface area contributed by atoms with Gasteiger partial charge in [-0.3, -0.25) is 0 Å². The lowest BCUT2D eigenvalue weighted by atomic mass is 10.2. The normalized spacial score (nSPS) is 8.38. The number of rotatable bonds is 3. The van der Waals surface area contributed by atoms with Crippen LogP contribution in [0.4, 0.5) is 0 Å². The Morgan fingerprint density at radius 3 is 1.69 bits per heavy atom. The van der Waals surface area contributed by atoms with Crippen molar-refractivity contribution in [2.75, 3.05) is 6.61 Å². The number of allylic oxidation sites excluding steroid dienone is 1. The summed E-state index contributed by atoms with van der Waals surface area (Å²) in [6, 6.07) is 0. The third kappa shape index (κ3) is 11.2. The molecule has 0 unspecified atom stereocenters. The van der Waals surface area contributed by atoms with Crippen LogP contribution in [0.5, 0.6) is 0 Å². The van der Waals surface area contributed by atoms with E-state index in [2.05, 4.69) is 6.92 Å². The van der Waals surface area contributed by atoms with Gasteiger partial charge in [-0.1, -0.05) is 18.9 Å². The lowest BCUT2D eigenvalue weighted by Crippen LogP contribution is -1.97. The summed E-state index contributed by atoms with van der Waals surface area (Å²) >= 11 is 0. The Morgan fingerprint density at radius 2 is 1.69 bits per heavy atom. The molecule has 0 spiro atoms. The minimum Gasteiger partial charge on any atom is -0.478 e. The van der Waals surface area contributed by atoms with Gasteiger partial charge in [0.05, 0.1) is 0 Å². The van der Waals surface area contributed by atoms with E-state index in [9.17, 15) is 4.79 Å². The SMILES string of the molecule is CC(C)=C(C)C(=O)O.CCCCO. The largest absolute Gasteiger partial charge is 0.478 e. The number of aliphatic carboxylic acids is 1. The van der Waals surface area contributed by atoms with Gasteiger partial charge in [0.2, 0.25) is 0 Å². The summed E-state index contributed by atoms with van der Waals surface area (Å²) in [5.41, 5.74) is 1.29. The Balaban J connectivity index is 0. The highest BCUT2D eigenvalue weighted by Gasteiger charge is 1.98. The molecule has 0 aromatic rings.